The third-order valence-corrected chi connectivity index (χ3v) is 5.36. The molecule has 1 aliphatic heterocycles. The molecular formula is C23H39IN4O4. The van der Waals surface area contributed by atoms with Crippen molar-refractivity contribution in [3.8, 4) is 11.5 Å². The first-order chi connectivity index (χ1) is 15.1. The van der Waals surface area contributed by atoms with E-state index in [2.05, 4.69) is 20.5 Å². The van der Waals surface area contributed by atoms with Crippen LogP contribution in [0.25, 0.3) is 0 Å². The fourth-order valence-electron chi connectivity index (χ4n) is 3.66. The molecule has 1 unspecified atom stereocenters. The van der Waals surface area contributed by atoms with Crippen molar-refractivity contribution in [2.45, 2.75) is 51.5 Å². The van der Waals surface area contributed by atoms with Gasteiger partial charge in [-0.1, -0.05) is 12.8 Å². The molecule has 1 heterocycles. The van der Waals surface area contributed by atoms with E-state index >= 15 is 0 Å². The Balaban J connectivity index is 0.00000512. The number of benzene rings is 1. The number of nitrogens with one attached hydrogen (secondary N) is 2. The third kappa shape index (κ3) is 9.70. The van der Waals surface area contributed by atoms with Crippen molar-refractivity contribution in [1.82, 2.24) is 10.6 Å². The maximum absolute atomic E-state index is 11.3. The van der Waals surface area contributed by atoms with Crippen molar-refractivity contribution in [2.24, 2.45) is 4.99 Å². The lowest BCUT2D eigenvalue weighted by Gasteiger charge is -2.21. The SMILES string of the molecule is CCOC(=O)CCCCCCNC(=NC)NC1CCN(c2cc(OC)cc(OC)c2)C1.I. The van der Waals surface area contributed by atoms with Crippen molar-refractivity contribution in [2.75, 3.05) is 52.4 Å². The standard InChI is InChI=1S/C23H38N4O4.HI/c1-5-31-22(28)10-8-6-7-9-12-25-23(24-2)26-18-11-13-27(17-18)19-14-20(29-3)16-21(15-19)30-4;/h14-16,18H,5-13,17H2,1-4H3,(H2,24,25,26);1H. The first-order valence-electron chi connectivity index (χ1n) is 11.2. The van der Waals surface area contributed by atoms with Crippen LogP contribution in [0.2, 0.25) is 0 Å². The van der Waals surface area contributed by atoms with Crippen molar-refractivity contribution >= 4 is 41.6 Å². The van der Waals surface area contributed by atoms with Crippen LogP contribution in [-0.4, -0.2) is 65.5 Å². The summed E-state index contributed by atoms with van der Waals surface area (Å²) in [5.74, 6) is 2.33. The Morgan fingerprint density at radius 1 is 1.12 bits per heavy atom. The summed E-state index contributed by atoms with van der Waals surface area (Å²) in [6.45, 7) is 5.02. The predicted molar refractivity (Wildman–Crippen MR) is 140 cm³/mol. The molecule has 0 aliphatic carbocycles. The van der Waals surface area contributed by atoms with Gasteiger partial charge < -0.3 is 29.7 Å². The second-order valence-corrected chi connectivity index (χ2v) is 7.62. The zero-order valence-electron chi connectivity index (χ0n) is 19.8. The van der Waals surface area contributed by atoms with E-state index in [4.69, 9.17) is 14.2 Å². The van der Waals surface area contributed by atoms with Crippen LogP contribution in [0.1, 0.15) is 45.4 Å². The molecule has 1 atom stereocenters. The molecule has 1 saturated heterocycles. The largest absolute Gasteiger partial charge is 0.497 e. The van der Waals surface area contributed by atoms with E-state index in [1.54, 1.807) is 21.3 Å². The number of rotatable bonds is 12. The van der Waals surface area contributed by atoms with E-state index in [0.717, 1.165) is 74.9 Å². The highest BCUT2D eigenvalue weighted by atomic mass is 127. The van der Waals surface area contributed by atoms with E-state index in [-0.39, 0.29) is 29.9 Å². The smallest absolute Gasteiger partial charge is 0.305 e. The van der Waals surface area contributed by atoms with Gasteiger partial charge in [-0.15, -0.1) is 24.0 Å². The lowest BCUT2D eigenvalue weighted by Crippen LogP contribution is -2.44. The molecule has 1 aromatic carbocycles. The highest BCUT2D eigenvalue weighted by Gasteiger charge is 2.24. The van der Waals surface area contributed by atoms with Crippen molar-refractivity contribution in [3.63, 3.8) is 0 Å². The minimum Gasteiger partial charge on any atom is -0.497 e. The van der Waals surface area contributed by atoms with E-state index in [1.165, 1.54) is 0 Å². The maximum Gasteiger partial charge on any atom is 0.305 e. The molecule has 0 radical (unpaired) electrons. The number of guanidine groups is 1. The number of anilines is 1. The summed E-state index contributed by atoms with van der Waals surface area (Å²) in [7, 11) is 5.14. The number of aliphatic imine (C=N–C) groups is 1. The van der Waals surface area contributed by atoms with Crippen molar-refractivity contribution in [3.05, 3.63) is 18.2 Å². The Labute approximate surface area is 209 Å². The molecule has 1 aliphatic rings. The van der Waals surface area contributed by atoms with Crippen LogP contribution < -0.4 is 25.0 Å². The summed E-state index contributed by atoms with van der Waals surface area (Å²) in [6.07, 6.45) is 5.60. The van der Waals surface area contributed by atoms with E-state index in [1.807, 2.05) is 25.1 Å². The molecule has 2 N–H and O–H groups in total. The van der Waals surface area contributed by atoms with Crippen LogP contribution in [0.15, 0.2) is 23.2 Å². The summed E-state index contributed by atoms with van der Waals surface area (Å²) in [6, 6.07) is 6.30. The molecule has 1 fully saturated rings. The summed E-state index contributed by atoms with van der Waals surface area (Å²) < 4.78 is 15.7. The molecule has 182 valence electrons. The van der Waals surface area contributed by atoms with Gasteiger partial charge in [0, 0.05) is 63.0 Å². The monoisotopic (exact) mass is 562 g/mol. The summed E-state index contributed by atoms with van der Waals surface area (Å²) in [5, 5.41) is 6.92. The van der Waals surface area contributed by atoms with Gasteiger partial charge in [-0.3, -0.25) is 9.79 Å². The Kier molecular flexibility index (Phi) is 13.9. The number of unbranched alkanes of at least 4 members (excludes halogenated alkanes) is 3. The van der Waals surface area contributed by atoms with Gasteiger partial charge in [-0.2, -0.15) is 0 Å². The van der Waals surface area contributed by atoms with Crippen LogP contribution in [0, 0.1) is 0 Å². The molecule has 32 heavy (non-hydrogen) atoms. The molecule has 0 spiro atoms. The van der Waals surface area contributed by atoms with Gasteiger partial charge >= 0.3 is 5.97 Å². The number of ether oxygens (including phenoxy) is 3. The first-order valence-corrected chi connectivity index (χ1v) is 11.2. The normalized spacial score (nSPS) is 15.7. The molecule has 0 aromatic heterocycles. The van der Waals surface area contributed by atoms with Gasteiger partial charge in [0.25, 0.3) is 0 Å². The van der Waals surface area contributed by atoms with Gasteiger partial charge in [0.1, 0.15) is 11.5 Å². The summed E-state index contributed by atoms with van der Waals surface area (Å²) in [4.78, 5) is 18.0. The van der Waals surface area contributed by atoms with Crippen LogP contribution >= 0.6 is 24.0 Å². The van der Waals surface area contributed by atoms with Gasteiger partial charge in [-0.05, 0) is 26.2 Å². The lowest BCUT2D eigenvalue weighted by molar-refractivity contribution is -0.143. The average Bonchev–Trinajstić information content (AvgIpc) is 3.26. The molecule has 0 amide bonds. The van der Waals surface area contributed by atoms with Crippen LogP contribution in [0.4, 0.5) is 5.69 Å². The van der Waals surface area contributed by atoms with E-state index < -0.39 is 0 Å². The van der Waals surface area contributed by atoms with Crippen molar-refractivity contribution in [1.29, 1.82) is 0 Å². The second kappa shape index (κ2) is 15.8. The number of esters is 1. The van der Waals surface area contributed by atoms with Crippen LogP contribution in [0.5, 0.6) is 11.5 Å². The number of methoxy groups -OCH3 is 2. The fourth-order valence-corrected chi connectivity index (χ4v) is 3.66. The van der Waals surface area contributed by atoms with E-state index in [0.29, 0.717) is 19.1 Å². The van der Waals surface area contributed by atoms with Gasteiger partial charge in [0.2, 0.25) is 0 Å². The lowest BCUT2D eigenvalue weighted by atomic mass is 10.1. The number of carbonyl (C=O) groups is 1. The fraction of sp³-hybridized carbons (Fsp3) is 0.652. The topological polar surface area (TPSA) is 84.4 Å². The molecule has 2 rings (SSSR count). The second-order valence-electron chi connectivity index (χ2n) is 7.62. The van der Waals surface area contributed by atoms with Gasteiger partial charge in [0.05, 0.1) is 20.8 Å². The quantitative estimate of drug-likeness (QED) is 0.133. The number of carbonyl (C=O) groups excluding carboxylic acids is 1. The Bertz CT molecular complexity index is 695. The van der Waals surface area contributed by atoms with Gasteiger partial charge in [0.15, 0.2) is 5.96 Å². The third-order valence-electron chi connectivity index (χ3n) is 5.36. The molecule has 1 aromatic rings. The number of hydrogen-bond donors (Lipinski definition) is 2. The summed E-state index contributed by atoms with van der Waals surface area (Å²) >= 11 is 0. The highest BCUT2D eigenvalue weighted by molar-refractivity contribution is 14.0. The number of nitrogens with zero attached hydrogens (tertiary/aromatic N) is 2. The number of halogens is 1. The van der Waals surface area contributed by atoms with Crippen molar-refractivity contribution < 1.29 is 19.0 Å². The molecule has 9 heteroatoms. The van der Waals surface area contributed by atoms with Gasteiger partial charge in [-0.25, -0.2) is 0 Å². The molecular weight excluding hydrogens is 523 g/mol. The zero-order chi connectivity index (χ0) is 22.5. The Morgan fingerprint density at radius 2 is 1.81 bits per heavy atom. The predicted octanol–water partition coefficient (Wildman–Crippen LogP) is 3.58. The molecule has 8 nitrogen and oxygen atoms in total. The molecule has 0 bridgehead atoms. The minimum absolute atomic E-state index is 0. The average molecular weight is 562 g/mol. The van der Waals surface area contributed by atoms with Crippen LogP contribution in [-0.2, 0) is 9.53 Å². The van der Waals surface area contributed by atoms with E-state index in [9.17, 15) is 4.79 Å². The minimum atomic E-state index is -0.0942. The maximum atomic E-state index is 11.3. The zero-order valence-corrected chi connectivity index (χ0v) is 22.1. The Morgan fingerprint density at radius 3 is 2.44 bits per heavy atom. The number of hydrogen-bond acceptors (Lipinski definition) is 6. The summed E-state index contributed by atoms with van der Waals surface area (Å²) in [5.41, 5.74) is 1.10. The first kappa shape index (κ1) is 28.1. The Hall–Kier alpha value is -1.91. The highest BCUT2D eigenvalue weighted by Crippen LogP contribution is 2.30. The molecule has 0 saturated carbocycles. The van der Waals surface area contributed by atoms with Crippen LogP contribution in [0.3, 0.4) is 0 Å².